The monoisotopic (exact) mass is 614 g/mol. The third-order valence-electron chi connectivity index (χ3n) is 8.19. The van der Waals surface area contributed by atoms with E-state index < -0.39 is 42.7 Å². The van der Waals surface area contributed by atoms with Crippen LogP contribution in [0.15, 0.2) is 35.6 Å². The number of piperidine rings is 1. The minimum Gasteiger partial charge on any atom is -0.444 e. The second-order valence-corrected chi connectivity index (χ2v) is 13.5. The summed E-state index contributed by atoms with van der Waals surface area (Å²) in [5.74, 6) is 0.191. The van der Waals surface area contributed by atoms with Crippen LogP contribution < -0.4 is 0 Å². The number of benzene rings is 1. The van der Waals surface area contributed by atoms with E-state index in [1.807, 2.05) is 45.0 Å². The van der Waals surface area contributed by atoms with Crippen molar-refractivity contribution in [1.82, 2.24) is 24.9 Å². The Morgan fingerprint density at radius 1 is 1.14 bits per heavy atom. The molecule has 0 radical (unpaired) electrons. The molecule has 0 bridgehead atoms. The first-order chi connectivity index (χ1) is 20.6. The summed E-state index contributed by atoms with van der Waals surface area (Å²) in [6.45, 7) is 6.31. The third kappa shape index (κ3) is 6.38. The summed E-state index contributed by atoms with van der Waals surface area (Å²) < 4.78 is 13.9. The number of aliphatic hydroxyl groups excluding tert-OH is 3. The van der Waals surface area contributed by atoms with E-state index in [1.54, 1.807) is 11.1 Å². The highest BCUT2D eigenvalue weighted by atomic mass is 32.1. The maximum Gasteiger partial charge on any atom is 0.410 e. The van der Waals surface area contributed by atoms with Gasteiger partial charge in [-0.25, -0.2) is 14.5 Å². The topological polar surface area (TPSA) is 165 Å². The van der Waals surface area contributed by atoms with E-state index in [4.69, 9.17) is 14.3 Å². The Labute approximate surface area is 253 Å². The van der Waals surface area contributed by atoms with E-state index in [2.05, 4.69) is 20.5 Å². The molecule has 14 heteroatoms. The van der Waals surface area contributed by atoms with Gasteiger partial charge in [0.05, 0.1) is 34.8 Å². The first-order valence-corrected chi connectivity index (χ1v) is 15.5. The lowest BCUT2D eigenvalue weighted by Gasteiger charge is -2.42. The average molecular weight is 615 g/mol. The number of likely N-dealkylation sites (tertiary alicyclic amines) is 1. The highest BCUT2D eigenvalue weighted by Crippen LogP contribution is 2.36. The van der Waals surface area contributed by atoms with Gasteiger partial charge in [-0.15, -0.1) is 16.4 Å². The van der Waals surface area contributed by atoms with Gasteiger partial charge in [-0.05, 0) is 45.7 Å². The molecule has 13 nitrogen and oxygen atoms in total. The lowest BCUT2D eigenvalue weighted by atomic mass is 9.86. The van der Waals surface area contributed by atoms with Crippen molar-refractivity contribution in [2.45, 2.75) is 88.6 Å². The molecule has 2 fully saturated rings. The number of fused-ring (bicyclic) bond motifs is 1. The van der Waals surface area contributed by atoms with Crippen molar-refractivity contribution in [3.8, 4) is 10.7 Å². The van der Waals surface area contributed by atoms with Crippen LogP contribution in [0.5, 0.6) is 0 Å². The first-order valence-electron chi connectivity index (χ1n) is 14.7. The normalized spacial score (nSPS) is 28.6. The smallest absolute Gasteiger partial charge is 0.410 e. The molecule has 43 heavy (non-hydrogen) atoms. The number of aliphatic hydroxyl groups is 3. The Morgan fingerprint density at radius 2 is 1.88 bits per heavy atom. The number of hydrogen-bond donors (Lipinski definition) is 3. The van der Waals surface area contributed by atoms with E-state index in [0.717, 1.165) is 28.8 Å². The number of carbonyl (C=O) groups excluding carboxylic acids is 1. The molecular weight excluding hydrogens is 576 g/mol. The predicted octanol–water partition coefficient (Wildman–Crippen LogP) is 2.76. The lowest BCUT2D eigenvalue weighted by molar-refractivity contribution is -0.212. The van der Waals surface area contributed by atoms with Crippen LogP contribution in [0.3, 0.4) is 0 Å². The van der Waals surface area contributed by atoms with Gasteiger partial charge in [-0.1, -0.05) is 22.5 Å². The Hall–Kier alpha value is -3.17. The minimum absolute atomic E-state index is 0.191. The number of para-hydroxylation sites is 1. The number of oxime groups is 1. The Balaban J connectivity index is 1.08. The van der Waals surface area contributed by atoms with Crippen LogP contribution in [0, 0.1) is 5.92 Å². The van der Waals surface area contributed by atoms with Crippen LogP contribution in [0.1, 0.15) is 52.5 Å². The van der Waals surface area contributed by atoms with Crippen LogP contribution in [0.25, 0.3) is 20.9 Å². The van der Waals surface area contributed by atoms with Gasteiger partial charge in [-0.2, -0.15) is 0 Å². The maximum absolute atomic E-state index is 12.4. The highest BCUT2D eigenvalue weighted by Gasteiger charge is 2.47. The zero-order valence-corrected chi connectivity index (χ0v) is 25.3. The molecular formula is C29H38N6O7S. The molecule has 232 valence electrons. The van der Waals surface area contributed by atoms with Crippen LogP contribution in [-0.2, 0) is 14.3 Å². The maximum atomic E-state index is 12.4. The van der Waals surface area contributed by atoms with Crippen molar-refractivity contribution < 1.29 is 34.4 Å². The van der Waals surface area contributed by atoms with Gasteiger partial charge >= 0.3 is 6.09 Å². The zero-order chi connectivity index (χ0) is 30.3. The summed E-state index contributed by atoms with van der Waals surface area (Å²) >= 11 is 1.48. The number of nitrogens with zero attached hydrogens (tertiary/aromatic N) is 6. The molecule has 0 saturated carbocycles. The Morgan fingerprint density at radius 3 is 2.60 bits per heavy atom. The summed E-state index contributed by atoms with van der Waals surface area (Å²) in [5.41, 5.74) is 1.79. The van der Waals surface area contributed by atoms with Crippen molar-refractivity contribution in [3.05, 3.63) is 30.5 Å². The standard InChI is InChI=1S/C29H38N6O7S/c1-29(2,3)41-28(39)34-10-8-16(9-11-34)19-12-17(42-32-19)13-21-25(37)24(26(38)22(15-36)40-21)35-14-20(31-33-35)27-30-18-6-4-5-7-23(18)43-27/h4-7,14,16-17,21-22,24-26,36-38H,8-13,15H2,1-3H3/t17?,21-,22-,24-,25+,26+/m1/s1. The van der Waals surface area contributed by atoms with Crippen LogP contribution >= 0.6 is 11.3 Å². The number of rotatable bonds is 6. The van der Waals surface area contributed by atoms with Crippen molar-refractivity contribution in [3.63, 3.8) is 0 Å². The molecule has 3 aliphatic heterocycles. The molecule has 5 heterocycles. The molecule has 0 aliphatic carbocycles. The fourth-order valence-electron chi connectivity index (χ4n) is 5.99. The molecule has 1 amide bonds. The van der Waals surface area contributed by atoms with Crippen molar-refractivity contribution in [2.24, 2.45) is 11.1 Å². The van der Waals surface area contributed by atoms with Crippen molar-refractivity contribution >= 4 is 33.4 Å². The van der Waals surface area contributed by atoms with Gasteiger partial charge in [0.2, 0.25) is 0 Å². The van der Waals surface area contributed by atoms with Gasteiger partial charge in [-0.3, -0.25) is 0 Å². The molecule has 3 aliphatic rings. The van der Waals surface area contributed by atoms with E-state index in [-0.39, 0.29) is 18.1 Å². The number of carbonyl (C=O) groups is 1. The third-order valence-corrected chi connectivity index (χ3v) is 9.25. The van der Waals surface area contributed by atoms with Crippen LogP contribution in [0.4, 0.5) is 4.79 Å². The van der Waals surface area contributed by atoms with E-state index in [0.29, 0.717) is 36.6 Å². The SMILES string of the molecule is CC(C)(C)OC(=O)N1CCC(C2=NOC(C[C@H]3O[C@H](CO)[C@H](O)[C@H](n4cc(-c5nc6ccccc6s5)nn4)[C@H]3O)C2)CC1. The summed E-state index contributed by atoms with van der Waals surface area (Å²) in [6.07, 6.45) is -0.587. The molecule has 1 unspecified atom stereocenters. The van der Waals surface area contributed by atoms with E-state index in [1.165, 1.54) is 16.0 Å². The second-order valence-electron chi connectivity index (χ2n) is 12.4. The van der Waals surface area contributed by atoms with Gasteiger partial charge in [0.1, 0.15) is 46.8 Å². The number of amides is 1. The Bertz CT molecular complexity index is 1430. The number of thiazole rings is 1. The van der Waals surface area contributed by atoms with Gasteiger partial charge in [0.15, 0.2) is 0 Å². The fraction of sp³-hybridized carbons (Fsp3) is 0.621. The number of aromatic nitrogens is 4. The molecule has 0 spiro atoms. The molecule has 6 rings (SSSR count). The van der Waals surface area contributed by atoms with E-state index in [9.17, 15) is 20.1 Å². The summed E-state index contributed by atoms with van der Waals surface area (Å²) in [6, 6.07) is 6.88. The fourth-order valence-corrected chi connectivity index (χ4v) is 6.90. The second kappa shape index (κ2) is 12.1. The average Bonchev–Trinajstić information content (AvgIpc) is 3.74. The molecule has 6 atom stereocenters. The molecule has 2 aromatic heterocycles. The number of ether oxygens (including phenoxy) is 2. The van der Waals surface area contributed by atoms with E-state index >= 15 is 0 Å². The van der Waals surface area contributed by atoms with Crippen molar-refractivity contribution in [2.75, 3.05) is 19.7 Å². The van der Waals surface area contributed by atoms with Crippen LogP contribution in [-0.4, -0.2) is 108 Å². The minimum atomic E-state index is -1.22. The quantitative estimate of drug-likeness (QED) is 0.376. The lowest BCUT2D eigenvalue weighted by Crippen LogP contribution is -2.56. The molecule has 1 aromatic carbocycles. The molecule has 2 saturated heterocycles. The highest BCUT2D eigenvalue weighted by molar-refractivity contribution is 7.21. The van der Waals surface area contributed by atoms with Gasteiger partial charge in [0, 0.05) is 31.8 Å². The van der Waals surface area contributed by atoms with Crippen LogP contribution in [0.2, 0.25) is 0 Å². The Kier molecular flexibility index (Phi) is 8.39. The largest absolute Gasteiger partial charge is 0.444 e. The predicted molar refractivity (Wildman–Crippen MR) is 158 cm³/mol. The summed E-state index contributed by atoms with van der Waals surface area (Å²) in [7, 11) is 0. The van der Waals surface area contributed by atoms with Crippen molar-refractivity contribution in [1.29, 1.82) is 0 Å². The van der Waals surface area contributed by atoms with Gasteiger partial charge < -0.3 is 34.5 Å². The summed E-state index contributed by atoms with van der Waals surface area (Å²) in [4.78, 5) is 24.5. The number of hydrogen-bond acceptors (Lipinski definition) is 12. The first kappa shape index (κ1) is 29.9. The molecule has 3 aromatic rings. The summed E-state index contributed by atoms with van der Waals surface area (Å²) in [5, 5.41) is 45.9. The van der Waals surface area contributed by atoms with Gasteiger partial charge in [0.25, 0.3) is 0 Å². The molecule has 3 N–H and O–H groups in total. The zero-order valence-electron chi connectivity index (χ0n) is 24.4.